The first-order valence-electron chi connectivity index (χ1n) is 6.72. The Morgan fingerprint density at radius 3 is 2.70 bits per heavy atom. The monoisotopic (exact) mass is 276 g/mol. The Labute approximate surface area is 118 Å². The van der Waals surface area contributed by atoms with Gasteiger partial charge in [0.25, 0.3) is 0 Å². The summed E-state index contributed by atoms with van der Waals surface area (Å²) in [5.74, 6) is -0.856. The molecule has 5 heteroatoms. The summed E-state index contributed by atoms with van der Waals surface area (Å²) in [4.78, 5) is 26.3. The van der Waals surface area contributed by atoms with E-state index in [0.717, 1.165) is 30.5 Å². The number of aliphatic carboxylic acids is 1. The molecule has 0 amide bonds. The number of carboxylic acid groups (broad SMARTS) is 1. The van der Waals surface area contributed by atoms with E-state index in [2.05, 4.69) is 4.90 Å². The predicted molar refractivity (Wildman–Crippen MR) is 77.2 cm³/mol. The molecular weight excluding hydrogens is 256 g/mol. The highest BCUT2D eigenvalue weighted by molar-refractivity contribution is 5.82. The lowest BCUT2D eigenvalue weighted by Gasteiger charge is -2.25. The average Bonchev–Trinajstić information content (AvgIpc) is 2.69. The zero-order chi connectivity index (χ0) is 14.7. The maximum Gasteiger partial charge on any atom is 0.323 e. The van der Waals surface area contributed by atoms with Gasteiger partial charge in [0, 0.05) is 11.6 Å². The van der Waals surface area contributed by atoms with Gasteiger partial charge in [-0.25, -0.2) is 0 Å². The van der Waals surface area contributed by atoms with Gasteiger partial charge in [0.05, 0.1) is 6.04 Å². The number of anilines is 1. The molecule has 1 aromatic rings. The number of carboxylic acids is 1. The lowest BCUT2D eigenvalue weighted by atomic mass is 9.92. The standard InChI is InChI=1S/C15H20N2O3/c1-16(2)8-7-12-11-5-3-4-6-13(11)17(9-15(19)20)14(12)10-18/h3-6,10,12,14H,7-9H2,1-2H3,(H,19,20). The van der Waals surface area contributed by atoms with E-state index in [9.17, 15) is 9.59 Å². The number of nitrogens with zero attached hydrogens (tertiary/aromatic N) is 2. The zero-order valence-corrected chi connectivity index (χ0v) is 11.8. The molecule has 0 aliphatic carbocycles. The Hall–Kier alpha value is -1.88. The van der Waals surface area contributed by atoms with Gasteiger partial charge < -0.3 is 19.7 Å². The summed E-state index contributed by atoms with van der Waals surface area (Å²) in [5, 5.41) is 9.05. The molecule has 1 aliphatic heterocycles. The van der Waals surface area contributed by atoms with E-state index in [1.165, 1.54) is 0 Å². The van der Waals surface area contributed by atoms with Crippen molar-refractivity contribution in [2.24, 2.45) is 0 Å². The van der Waals surface area contributed by atoms with Crippen LogP contribution in [0.1, 0.15) is 17.9 Å². The van der Waals surface area contributed by atoms with Gasteiger partial charge in [-0.15, -0.1) is 0 Å². The summed E-state index contributed by atoms with van der Waals surface area (Å²) in [7, 11) is 3.98. The minimum atomic E-state index is -0.917. The van der Waals surface area contributed by atoms with Gasteiger partial charge >= 0.3 is 5.97 Å². The molecule has 0 saturated heterocycles. The molecule has 2 atom stereocenters. The number of carbonyl (C=O) groups excluding carboxylic acids is 1. The molecule has 1 aliphatic rings. The van der Waals surface area contributed by atoms with Crippen molar-refractivity contribution in [2.75, 3.05) is 32.1 Å². The normalized spacial score (nSPS) is 21.1. The molecule has 1 aromatic carbocycles. The maximum absolute atomic E-state index is 11.5. The first-order chi connectivity index (χ1) is 9.54. The minimum absolute atomic E-state index is 0.0606. The van der Waals surface area contributed by atoms with Crippen molar-refractivity contribution in [2.45, 2.75) is 18.4 Å². The zero-order valence-electron chi connectivity index (χ0n) is 11.8. The van der Waals surface area contributed by atoms with Crippen LogP contribution in [0.25, 0.3) is 0 Å². The fourth-order valence-electron chi connectivity index (χ4n) is 2.85. The molecule has 20 heavy (non-hydrogen) atoms. The van der Waals surface area contributed by atoms with E-state index in [1.54, 1.807) is 4.90 Å². The van der Waals surface area contributed by atoms with Gasteiger partial charge in [-0.05, 0) is 38.7 Å². The van der Waals surface area contributed by atoms with Crippen LogP contribution in [0.4, 0.5) is 5.69 Å². The molecular formula is C15H20N2O3. The van der Waals surface area contributed by atoms with Crippen LogP contribution in [0.2, 0.25) is 0 Å². The van der Waals surface area contributed by atoms with E-state index >= 15 is 0 Å². The van der Waals surface area contributed by atoms with Gasteiger partial charge in [0.1, 0.15) is 12.8 Å². The largest absolute Gasteiger partial charge is 0.480 e. The van der Waals surface area contributed by atoms with Crippen LogP contribution in [0.3, 0.4) is 0 Å². The molecule has 108 valence electrons. The molecule has 0 aromatic heterocycles. The van der Waals surface area contributed by atoms with E-state index in [1.807, 2.05) is 38.4 Å². The smallest absolute Gasteiger partial charge is 0.323 e. The quantitative estimate of drug-likeness (QED) is 0.791. The van der Waals surface area contributed by atoms with Crippen LogP contribution in [0.15, 0.2) is 24.3 Å². The molecule has 0 radical (unpaired) electrons. The molecule has 0 saturated carbocycles. The molecule has 0 fully saturated rings. The molecule has 2 unspecified atom stereocenters. The minimum Gasteiger partial charge on any atom is -0.480 e. The first kappa shape index (κ1) is 14.5. The summed E-state index contributed by atoms with van der Waals surface area (Å²) in [6.07, 6.45) is 1.72. The fourth-order valence-corrected chi connectivity index (χ4v) is 2.85. The lowest BCUT2D eigenvalue weighted by Crippen LogP contribution is -2.39. The highest BCUT2D eigenvalue weighted by Gasteiger charge is 2.38. The summed E-state index contributed by atoms with van der Waals surface area (Å²) in [6.45, 7) is 0.725. The summed E-state index contributed by atoms with van der Waals surface area (Å²) >= 11 is 0. The third-order valence-electron chi connectivity index (χ3n) is 3.75. The van der Waals surface area contributed by atoms with Gasteiger partial charge in [-0.1, -0.05) is 18.2 Å². The van der Waals surface area contributed by atoms with E-state index in [-0.39, 0.29) is 18.5 Å². The van der Waals surface area contributed by atoms with Crippen molar-refractivity contribution in [1.82, 2.24) is 4.90 Å². The molecule has 0 spiro atoms. The maximum atomic E-state index is 11.5. The van der Waals surface area contributed by atoms with Crippen LogP contribution >= 0.6 is 0 Å². The first-order valence-corrected chi connectivity index (χ1v) is 6.72. The second-order valence-electron chi connectivity index (χ2n) is 5.41. The summed E-state index contributed by atoms with van der Waals surface area (Å²) in [6, 6.07) is 7.32. The van der Waals surface area contributed by atoms with E-state index in [0.29, 0.717) is 0 Å². The van der Waals surface area contributed by atoms with E-state index in [4.69, 9.17) is 5.11 Å². The van der Waals surface area contributed by atoms with Crippen molar-refractivity contribution >= 4 is 17.9 Å². The third kappa shape index (κ3) is 2.82. The van der Waals surface area contributed by atoms with Gasteiger partial charge in [0.2, 0.25) is 0 Å². The summed E-state index contributed by atoms with van der Waals surface area (Å²) < 4.78 is 0. The van der Waals surface area contributed by atoms with Crippen LogP contribution in [0.5, 0.6) is 0 Å². The Balaban J connectivity index is 2.31. The number of fused-ring (bicyclic) bond motifs is 1. The Kier molecular flexibility index (Phi) is 4.39. The lowest BCUT2D eigenvalue weighted by molar-refractivity contribution is -0.135. The molecule has 1 heterocycles. The van der Waals surface area contributed by atoms with Crippen molar-refractivity contribution in [1.29, 1.82) is 0 Å². The second-order valence-corrected chi connectivity index (χ2v) is 5.41. The number of aldehydes is 1. The van der Waals surface area contributed by atoms with Crippen molar-refractivity contribution < 1.29 is 14.7 Å². The second kappa shape index (κ2) is 6.05. The molecule has 0 bridgehead atoms. The van der Waals surface area contributed by atoms with Gasteiger partial charge in [-0.2, -0.15) is 0 Å². The number of carbonyl (C=O) groups is 2. The fraction of sp³-hybridized carbons (Fsp3) is 0.467. The highest BCUT2D eigenvalue weighted by Crippen LogP contribution is 2.41. The van der Waals surface area contributed by atoms with Gasteiger partial charge in [0.15, 0.2) is 0 Å². The Morgan fingerprint density at radius 1 is 1.40 bits per heavy atom. The summed E-state index contributed by atoms with van der Waals surface area (Å²) in [5.41, 5.74) is 1.95. The topological polar surface area (TPSA) is 60.9 Å². The van der Waals surface area contributed by atoms with E-state index < -0.39 is 5.97 Å². The predicted octanol–water partition coefficient (Wildman–Crippen LogP) is 1.19. The third-order valence-corrected chi connectivity index (χ3v) is 3.75. The number of hydrogen-bond acceptors (Lipinski definition) is 4. The van der Waals surface area contributed by atoms with Crippen molar-refractivity contribution in [3.63, 3.8) is 0 Å². The average molecular weight is 276 g/mol. The molecule has 1 N–H and O–H groups in total. The Morgan fingerprint density at radius 2 is 2.10 bits per heavy atom. The van der Waals surface area contributed by atoms with Crippen molar-refractivity contribution in [3.05, 3.63) is 29.8 Å². The van der Waals surface area contributed by atoms with Crippen LogP contribution in [-0.2, 0) is 9.59 Å². The number of hydrogen-bond donors (Lipinski definition) is 1. The SMILES string of the molecule is CN(C)CCC1c2ccccc2N(CC(=O)O)C1C=O. The highest BCUT2D eigenvalue weighted by atomic mass is 16.4. The van der Waals surface area contributed by atoms with Crippen LogP contribution < -0.4 is 4.90 Å². The Bertz CT molecular complexity index is 502. The van der Waals surface area contributed by atoms with Gasteiger partial charge in [-0.3, -0.25) is 4.79 Å². The van der Waals surface area contributed by atoms with Crippen LogP contribution in [-0.4, -0.2) is 55.5 Å². The van der Waals surface area contributed by atoms with Crippen molar-refractivity contribution in [3.8, 4) is 0 Å². The molecule has 2 rings (SSSR count). The number of rotatable bonds is 6. The number of para-hydroxylation sites is 1. The number of benzene rings is 1. The van der Waals surface area contributed by atoms with Crippen LogP contribution in [0, 0.1) is 0 Å². The molecule has 5 nitrogen and oxygen atoms in total.